The van der Waals surface area contributed by atoms with Crippen molar-refractivity contribution < 1.29 is 19.1 Å². The number of ether oxygens (including phenoxy) is 1. The minimum Gasteiger partial charge on any atom is -0.496 e. The van der Waals surface area contributed by atoms with Gasteiger partial charge < -0.3 is 19.6 Å². The number of piperazine rings is 1. The standard InChI is InChI=1S/C23H34N4O4/c1-17(2)20(28)14-26-10-12-27(13-11-26)15-22-25-19(16-31-22)23(29)24-9-8-18-6-4-5-7-21(18)30-3/h4-7,16-17,20,28H,8-15H2,1-3H3,(H,24,29). The smallest absolute Gasteiger partial charge is 0.273 e. The van der Waals surface area contributed by atoms with E-state index in [0.717, 1.165) is 37.5 Å². The molecule has 0 radical (unpaired) electrons. The Hall–Kier alpha value is -2.42. The number of aliphatic hydroxyl groups excluding tert-OH is 1. The fourth-order valence-electron chi connectivity index (χ4n) is 3.60. The van der Waals surface area contributed by atoms with Crippen LogP contribution in [0.1, 0.15) is 35.8 Å². The Morgan fingerprint density at radius 1 is 1.23 bits per heavy atom. The van der Waals surface area contributed by atoms with Gasteiger partial charge in [0.25, 0.3) is 5.91 Å². The minimum atomic E-state index is -0.290. The summed E-state index contributed by atoms with van der Waals surface area (Å²) in [5.74, 6) is 1.40. The van der Waals surface area contributed by atoms with Crippen molar-refractivity contribution in [3.05, 3.63) is 47.7 Å². The molecule has 0 saturated carbocycles. The van der Waals surface area contributed by atoms with Gasteiger partial charge >= 0.3 is 0 Å². The van der Waals surface area contributed by atoms with Gasteiger partial charge in [0.15, 0.2) is 5.69 Å². The van der Waals surface area contributed by atoms with Crippen molar-refractivity contribution in [3.8, 4) is 5.75 Å². The quantitative estimate of drug-likeness (QED) is 0.594. The number of aliphatic hydroxyl groups is 1. The summed E-state index contributed by atoms with van der Waals surface area (Å²) in [6, 6.07) is 7.78. The Labute approximate surface area is 184 Å². The number of methoxy groups -OCH3 is 1. The molecule has 1 aliphatic rings. The van der Waals surface area contributed by atoms with Crippen LogP contribution in [0, 0.1) is 5.92 Å². The minimum absolute atomic E-state index is 0.239. The first kappa shape index (κ1) is 23.2. The van der Waals surface area contributed by atoms with E-state index in [1.54, 1.807) is 7.11 Å². The number of nitrogens with one attached hydrogen (secondary N) is 1. The Kier molecular flexibility index (Phi) is 8.45. The van der Waals surface area contributed by atoms with Gasteiger partial charge in [-0.05, 0) is 24.0 Å². The van der Waals surface area contributed by atoms with Gasteiger partial charge in [0.2, 0.25) is 5.89 Å². The molecule has 8 nitrogen and oxygen atoms in total. The van der Waals surface area contributed by atoms with E-state index < -0.39 is 0 Å². The van der Waals surface area contributed by atoms with Crippen LogP contribution in [0.4, 0.5) is 0 Å². The normalized spacial score (nSPS) is 16.4. The Morgan fingerprint density at radius 3 is 2.65 bits per heavy atom. The molecular weight excluding hydrogens is 396 g/mol. The van der Waals surface area contributed by atoms with E-state index in [4.69, 9.17) is 9.15 Å². The van der Waals surface area contributed by atoms with Crippen LogP contribution in [0.5, 0.6) is 5.75 Å². The first-order chi connectivity index (χ1) is 15.0. The van der Waals surface area contributed by atoms with Crippen LogP contribution in [-0.2, 0) is 13.0 Å². The van der Waals surface area contributed by atoms with Crippen molar-refractivity contribution in [2.75, 3.05) is 46.4 Å². The second kappa shape index (κ2) is 11.3. The highest BCUT2D eigenvalue weighted by atomic mass is 16.5. The van der Waals surface area contributed by atoms with E-state index in [1.165, 1.54) is 6.26 Å². The van der Waals surface area contributed by atoms with Crippen LogP contribution in [0.15, 0.2) is 34.9 Å². The van der Waals surface area contributed by atoms with Crippen LogP contribution in [0.3, 0.4) is 0 Å². The van der Waals surface area contributed by atoms with Gasteiger partial charge in [0, 0.05) is 39.3 Å². The Morgan fingerprint density at radius 2 is 1.94 bits per heavy atom. The maximum atomic E-state index is 12.4. The largest absolute Gasteiger partial charge is 0.496 e. The lowest BCUT2D eigenvalue weighted by Crippen LogP contribution is -2.48. The highest BCUT2D eigenvalue weighted by Crippen LogP contribution is 2.17. The monoisotopic (exact) mass is 430 g/mol. The molecule has 2 heterocycles. The summed E-state index contributed by atoms with van der Waals surface area (Å²) in [5.41, 5.74) is 1.35. The van der Waals surface area contributed by atoms with Crippen LogP contribution >= 0.6 is 0 Å². The first-order valence-electron chi connectivity index (χ1n) is 10.9. The van der Waals surface area contributed by atoms with Crippen LogP contribution in [0.25, 0.3) is 0 Å². The molecule has 3 rings (SSSR count). The molecule has 1 fully saturated rings. The molecule has 2 aromatic rings. The number of nitrogens with zero attached hydrogens (tertiary/aromatic N) is 3. The summed E-state index contributed by atoms with van der Waals surface area (Å²) in [7, 11) is 1.64. The number of hydrogen-bond acceptors (Lipinski definition) is 7. The second-order valence-corrected chi connectivity index (χ2v) is 8.33. The molecule has 1 aromatic heterocycles. The molecule has 8 heteroatoms. The highest BCUT2D eigenvalue weighted by molar-refractivity contribution is 5.91. The van der Waals surface area contributed by atoms with E-state index in [1.807, 2.05) is 38.1 Å². The SMILES string of the molecule is COc1ccccc1CCNC(=O)c1coc(CN2CCN(CC(O)C(C)C)CC2)n1. The third-order valence-electron chi connectivity index (χ3n) is 5.70. The molecule has 1 aromatic carbocycles. The lowest BCUT2D eigenvalue weighted by Gasteiger charge is -2.35. The zero-order chi connectivity index (χ0) is 22.2. The number of β-amino-alcohol motifs (C(OH)–C–C–N with tert-alkyl or cyclic N) is 1. The fraction of sp³-hybridized carbons (Fsp3) is 0.565. The van der Waals surface area contributed by atoms with E-state index in [9.17, 15) is 9.90 Å². The second-order valence-electron chi connectivity index (χ2n) is 8.33. The molecular formula is C23H34N4O4. The topological polar surface area (TPSA) is 91.1 Å². The molecule has 1 saturated heterocycles. The van der Waals surface area contributed by atoms with Crippen molar-refractivity contribution in [2.45, 2.75) is 32.9 Å². The van der Waals surface area contributed by atoms with Crippen LogP contribution in [-0.4, -0.2) is 78.3 Å². The molecule has 2 N–H and O–H groups in total. The van der Waals surface area contributed by atoms with Gasteiger partial charge in [-0.15, -0.1) is 0 Å². The van der Waals surface area contributed by atoms with Crippen molar-refractivity contribution >= 4 is 5.91 Å². The first-order valence-corrected chi connectivity index (χ1v) is 10.9. The predicted molar refractivity (Wildman–Crippen MR) is 118 cm³/mol. The Bertz CT molecular complexity index is 830. The van der Waals surface area contributed by atoms with Gasteiger partial charge in [-0.3, -0.25) is 14.6 Å². The fourth-order valence-corrected chi connectivity index (χ4v) is 3.60. The summed E-state index contributed by atoms with van der Waals surface area (Å²) in [6.07, 6.45) is 1.81. The molecule has 31 heavy (non-hydrogen) atoms. The summed E-state index contributed by atoms with van der Waals surface area (Å²) in [6.45, 7) is 9.43. The number of para-hydroxylation sites is 1. The summed E-state index contributed by atoms with van der Waals surface area (Å²) in [4.78, 5) is 21.3. The average molecular weight is 431 g/mol. The third-order valence-corrected chi connectivity index (χ3v) is 5.70. The molecule has 1 amide bonds. The molecule has 1 unspecified atom stereocenters. The summed E-state index contributed by atoms with van der Waals surface area (Å²) in [5, 5.41) is 13.0. The predicted octanol–water partition coefficient (Wildman–Crippen LogP) is 1.79. The van der Waals surface area contributed by atoms with Gasteiger partial charge in [-0.2, -0.15) is 0 Å². The molecule has 1 atom stereocenters. The number of benzene rings is 1. The highest BCUT2D eigenvalue weighted by Gasteiger charge is 2.22. The maximum absolute atomic E-state index is 12.4. The van der Waals surface area contributed by atoms with Crippen molar-refractivity contribution in [2.24, 2.45) is 5.92 Å². The number of carbonyl (C=O) groups excluding carboxylic acids is 1. The zero-order valence-electron chi connectivity index (χ0n) is 18.7. The van der Waals surface area contributed by atoms with Gasteiger partial charge in [-0.1, -0.05) is 32.0 Å². The van der Waals surface area contributed by atoms with E-state index in [-0.39, 0.29) is 17.9 Å². The Balaban J connectivity index is 1.41. The molecule has 1 aliphatic heterocycles. The van der Waals surface area contributed by atoms with Crippen molar-refractivity contribution in [1.82, 2.24) is 20.1 Å². The number of rotatable bonds is 10. The number of carbonyl (C=O) groups is 1. The summed E-state index contributed by atoms with van der Waals surface area (Å²) >= 11 is 0. The van der Waals surface area contributed by atoms with E-state index in [2.05, 4.69) is 20.1 Å². The third kappa shape index (κ3) is 6.78. The van der Waals surface area contributed by atoms with Crippen molar-refractivity contribution in [3.63, 3.8) is 0 Å². The van der Waals surface area contributed by atoms with Crippen LogP contribution in [0.2, 0.25) is 0 Å². The number of amides is 1. The summed E-state index contributed by atoms with van der Waals surface area (Å²) < 4.78 is 10.9. The molecule has 0 aliphatic carbocycles. The van der Waals surface area contributed by atoms with Gasteiger partial charge in [-0.25, -0.2) is 4.98 Å². The van der Waals surface area contributed by atoms with E-state index >= 15 is 0 Å². The van der Waals surface area contributed by atoms with Gasteiger partial charge in [0.05, 0.1) is 19.8 Å². The maximum Gasteiger partial charge on any atom is 0.273 e. The number of oxazole rings is 1. The van der Waals surface area contributed by atoms with E-state index in [0.29, 0.717) is 37.6 Å². The lowest BCUT2D eigenvalue weighted by molar-refractivity contribution is 0.0463. The molecule has 170 valence electrons. The number of aromatic nitrogens is 1. The lowest BCUT2D eigenvalue weighted by atomic mass is 10.1. The van der Waals surface area contributed by atoms with Crippen molar-refractivity contribution in [1.29, 1.82) is 0 Å². The molecule has 0 bridgehead atoms. The number of hydrogen-bond donors (Lipinski definition) is 2. The molecule has 0 spiro atoms. The zero-order valence-corrected chi connectivity index (χ0v) is 18.7. The van der Waals surface area contributed by atoms with Gasteiger partial charge in [0.1, 0.15) is 12.0 Å². The average Bonchev–Trinajstić information content (AvgIpc) is 3.24. The van der Waals surface area contributed by atoms with Crippen LogP contribution < -0.4 is 10.1 Å².